The Morgan fingerprint density at radius 2 is 1.92 bits per heavy atom. The number of unbranched alkanes of at least 4 members (excludes halogenated alkanes) is 1. The van der Waals surface area contributed by atoms with Gasteiger partial charge in [0.1, 0.15) is 5.01 Å². The topological polar surface area (TPSA) is 55.8 Å². The Kier molecular flexibility index (Phi) is 9.21. The highest BCUT2D eigenvalue weighted by Gasteiger charge is 2.14. The number of likely N-dealkylation sites (N-methyl/N-ethyl adjacent to an activating group) is 1. The van der Waals surface area contributed by atoms with Gasteiger partial charge in [0.05, 0.1) is 6.54 Å². The molecule has 1 aliphatic rings. The third kappa shape index (κ3) is 7.30. The summed E-state index contributed by atoms with van der Waals surface area (Å²) in [7, 11) is 1.82. The van der Waals surface area contributed by atoms with E-state index in [0.29, 0.717) is 0 Å². The van der Waals surface area contributed by atoms with Crippen LogP contribution in [0, 0.1) is 0 Å². The zero-order chi connectivity index (χ0) is 17.9. The van der Waals surface area contributed by atoms with Gasteiger partial charge in [-0.15, -0.1) is 11.3 Å². The first-order valence-electron chi connectivity index (χ1n) is 9.58. The molecule has 2 rings (SSSR count). The second-order valence-electron chi connectivity index (χ2n) is 6.41. The van der Waals surface area contributed by atoms with Crippen molar-refractivity contribution in [1.29, 1.82) is 0 Å². The number of aromatic nitrogens is 1. The summed E-state index contributed by atoms with van der Waals surface area (Å²) in [4.78, 5) is 15.2. The summed E-state index contributed by atoms with van der Waals surface area (Å²) in [6.45, 7) is 13.4. The quantitative estimate of drug-likeness (QED) is 0.396. The van der Waals surface area contributed by atoms with E-state index >= 15 is 0 Å². The normalized spacial score (nSPS) is 17.0. The van der Waals surface area contributed by atoms with E-state index in [1.807, 2.05) is 13.2 Å². The van der Waals surface area contributed by atoms with Crippen molar-refractivity contribution in [3.05, 3.63) is 16.1 Å². The molecular weight excluding hydrogens is 332 g/mol. The lowest BCUT2D eigenvalue weighted by Crippen LogP contribution is -2.46. The van der Waals surface area contributed by atoms with E-state index in [2.05, 4.69) is 44.3 Å². The number of guanidine groups is 1. The molecule has 142 valence electrons. The van der Waals surface area contributed by atoms with Gasteiger partial charge in [0.2, 0.25) is 0 Å². The molecule has 2 N–H and O–H groups in total. The van der Waals surface area contributed by atoms with Gasteiger partial charge >= 0.3 is 0 Å². The Hall–Kier alpha value is -1.18. The molecule has 0 bridgehead atoms. The fourth-order valence-corrected chi connectivity index (χ4v) is 3.77. The summed E-state index contributed by atoms with van der Waals surface area (Å²) < 4.78 is 0. The number of hydrogen-bond donors (Lipinski definition) is 2. The minimum absolute atomic E-state index is 0.742. The van der Waals surface area contributed by atoms with E-state index in [-0.39, 0.29) is 0 Å². The summed E-state index contributed by atoms with van der Waals surface area (Å²) in [6.07, 6.45) is 5.44. The third-order valence-electron chi connectivity index (χ3n) is 4.69. The molecule has 25 heavy (non-hydrogen) atoms. The van der Waals surface area contributed by atoms with Crippen molar-refractivity contribution < 1.29 is 0 Å². The number of piperazine rings is 1. The van der Waals surface area contributed by atoms with Crippen LogP contribution in [0.3, 0.4) is 0 Å². The molecule has 0 aliphatic carbocycles. The van der Waals surface area contributed by atoms with Gasteiger partial charge in [-0.2, -0.15) is 0 Å². The van der Waals surface area contributed by atoms with Gasteiger partial charge in [0, 0.05) is 50.8 Å². The lowest BCUT2D eigenvalue weighted by atomic mass is 10.2. The summed E-state index contributed by atoms with van der Waals surface area (Å²) in [5, 5.41) is 7.87. The van der Waals surface area contributed by atoms with Gasteiger partial charge in [-0.1, -0.05) is 13.8 Å². The van der Waals surface area contributed by atoms with Gasteiger partial charge in [0.25, 0.3) is 0 Å². The standard InChI is InChI=1S/C18H34N6S/c1-4-16-14-21-17(25-16)15-22-18(19-3)20-8-6-7-9-24-12-10-23(5-2)11-13-24/h14H,4-13,15H2,1-3H3,(H2,19,20,22). The lowest BCUT2D eigenvalue weighted by molar-refractivity contribution is 0.136. The predicted octanol–water partition coefficient (Wildman–Crippen LogP) is 1.79. The van der Waals surface area contributed by atoms with Crippen LogP contribution < -0.4 is 10.6 Å². The summed E-state index contributed by atoms with van der Waals surface area (Å²) in [6, 6.07) is 0. The van der Waals surface area contributed by atoms with Crippen molar-refractivity contribution in [2.45, 2.75) is 39.7 Å². The van der Waals surface area contributed by atoms with Crippen LogP contribution in [0.5, 0.6) is 0 Å². The number of rotatable bonds is 9. The average Bonchev–Trinajstić information content (AvgIpc) is 3.12. The molecule has 0 unspecified atom stereocenters. The SMILES string of the molecule is CCc1cnc(CNC(=NC)NCCCCN2CCN(CC)CC2)s1. The highest BCUT2D eigenvalue weighted by Crippen LogP contribution is 2.12. The largest absolute Gasteiger partial charge is 0.356 e. The smallest absolute Gasteiger partial charge is 0.191 e. The Balaban J connectivity index is 1.54. The van der Waals surface area contributed by atoms with Crippen LogP contribution >= 0.6 is 11.3 Å². The van der Waals surface area contributed by atoms with Gasteiger partial charge in [-0.3, -0.25) is 4.99 Å². The van der Waals surface area contributed by atoms with Crippen molar-refractivity contribution in [3.8, 4) is 0 Å². The minimum atomic E-state index is 0.742. The number of thiazole rings is 1. The molecule has 0 amide bonds. The number of aryl methyl sites for hydroxylation is 1. The van der Waals surface area contributed by atoms with E-state index in [0.717, 1.165) is 30.5 Å². The van der Waals surface area contributed by atoms with E-state index in [1.54, 1.807) is 11.3 Å². The summed E-state index contributed by atoms with van der Waals surface area (Å²) in [5.41, 5.74) is 0. The second-order valence-corrected chi connectivity index (χ2v) is 7.61. The Morgan fingerprint density at radius 1 is 1.16 bits per heavy atom. The zero-order valence-corrected chi connectivity index (χ0v) is 16.9. The highest BCUT2D eigenvalue weighted by molar-refractivity contribution is 7.11. The molecule has 0 atom stereocenters. The van der Waals surface area contributed by atoms with E-state index < -0.39 is 0 Å². The Bertz CT molecular complexity index is 507. The van der Waals surface area contributed by atoms with Crippen molar-refractivity contribution in [2.24, 2.45) is 4.99 Å². The fourth-order valence-electron chi connectivity index (χ4n) is 2.97. The maximum atomic E-state index is 4.43. The van der Waals surface area contributed by atoms with Gasteiger partial charge in [0.15, 0.2) is 5.96 Å². The van der Waals surface area contributed by atoms with Crippen molar-refractivity contribution in [1.82, 2.24) is 25.4 Å². The molecule has 0 saturated carbocycles. The van der Waals surface area contributed by atoms with Crippen LogP contribution in [0.2, 0.25) is 0 Å². The minimum Gasteiger partial charge on any atom is -0.356 e. The number of nitrogens with zero attached hydrogens (tertiary/aromatic N) is 4. The van der Waals surface area contributed by atoms with Crippen LogP contribution in [0.15, 0.2) is 11.2 Å². The van der Waals surface area contributed by atoms with E-state index in [4.69, 9.17) is 0 Å². The zero-order valence-electron chi connectivity index (χ0n) is 16.1. The molecule has 0 radical (unpaired) electrons. The molecule has 1 saturated heterocycles. The number of hydrogen-bond acceptors (Lipinski definition) is 5. The molecule has 2 heterocycles. The second kappa shape index (κ2) is 11.4. The fraction of sp³-hybridized carbons (Fsp3) is 0.778. The van der Waals surface area contributed by atoms with Crippen LogP contribution in [0.25, 0.3) is 0 Å². The van der Waals surface area contributed by atoms with Crippen LogP contribution in [0.1, 0.15) is 36.6 Å². The maximum absolute atomic E-state index is 4.43. The number of aliphatic imine (C=N–C) groups is 1. The first-order chi connectivity index (χ1) is 12.2. The van der Waals surface area contributed by atoms with Crippen molar-refractivity contribution in [2.75, 3.05) is 52.9 Å². The first-order valence-corrected chi connectivity index (χ1v) is 10.4. The Morgan fingerprint density at radius 3 is 2.56 bits per heavy atom. The monoisotopic (exact) mass is 366 g/mol. The molecule has 1 aliphatic heterocycles. The predicted molar refractivity (Wildman–Crippen MR) is 107 cm³/mol. The molecule has 0 spiro atoms. The molecule has 0 aromatic carbocycles. The first kappa shape index (κ1) is 20.1. The molecule has 7 heteroatoms. The van der Waals surface area contributed by atoms with Crippen LogP contribution in [-0.2, 0) is 13.0 Å². The van der Waals surface area contributed by atoms with Gasteiger partial charge < -0.3 is 20.4 Å². The Labute approximate surface area is 156 Å². The maximum Gasteiger partial charge on any atom is 0.191 e. The van der Waals surface area contributed by atoms with Crippen LogP contribution in [-0.4, -0.2) is 73.6 Å². The molecule has 1 fully saturated rings. The summed E-state index contributed by atoms with van der Waals surface area (Å²) >= 11 is 1.77. The van der Waals surface area contributed by atoms with E-state index in [9.17, 15) is 0 Å². The van der Waals surface area contributed by atoms with Gasteiger partial charge in [-0.05, 0) is 32.4 Å². The van der Waals surface area contributed by atoms with Gasteiger partial charge in [-0.25, -0.2) is 4.98 Å². The van der Waals surface area contributed by atoms with Crippen molar-refractivity contribution >= 4 is 17.3 Å². The molecule has 6 nitrogen and oxygen atoms in total. The lowest BCUT2D eigenvalue weighted by Gasteiger charge is -2.34. The van der Waals surface area contributed by atoms with Crippen LogP contribution in [0.4, 0.5) is 0 Å². The third-order valence-corrected chi connectivity index (χ3v) is 5.83. The highest BCUT2D eigenvalue weighted by atomic mass is 32.1. The molecular formula is C18H34N6S. The van der Waals surface area contributed by atoms with E-state index in [1.165, 1.54) is 57.0 Å². The number of nitrogens with one attached hydrogen (secondary N) is 2. The molecule has 1 aromatic heterocycles. The summed E-state index contributed by atoms with van der Waals surface area (Å²) in [5.74, 6) is 0.866. The molecule has 1 aromatic rings. The average molecular weight is 367 g/mol. The van der Waals surface area contributed by atoms with Crippen molar-refractivity contribution in [3.63, 3.8) is 0 Å².